The van der Waals surface area contributed by atoms with Crippen molar-refractivity contribution in [2.75, 3.05) is 12.8 Å². The molecule has 0 aromatic carbocycles. The van der Waals surface area contributed by atoms with E-state index in [0.717, 1.165) is 10.2 Å². The Kier molecular flexibility index (Phi) is 1.58. The number of aromatic nitrogens is 2. The first-order chi connectivity index (χ1) is 5.79. The van der Waals surface area contributed by atoms with Crippen LogP contribution in [0.1, 0.15) is 0 Å². The van der Waals surface area contributed by atoms with Crippen LogP contribution in [0.5, 0.6) is 5.88 Å². The van der Waals surface area contributed by atoms with Crippen LogP contribution >= 0.6 is 11.3 Å². The molecule has 62 valence electrons. The lowest BCUT2D eigenvalue weighted by Gasteiger charge is -1.94. The number of anilines is 1. The average molecular weight is 181 g/mol. The highest BCUT2D eigenvalue weighted by Gasteiger charge is 2.02. The predicted octanol–water partition coefficient (Wildman–Crippen LogP) is 1.28. The fraction of sp³-hybridized carbons (Fsp3) is 0.143. The number of rotatable bonds is 1. The Hall–Kier alpha value is -1.36. The zero-order chi connectivity index (χ0) is 8.55. The standard InChI is InChI=1S/C7H7N3OS/c1-11-6-2-5-4(3-9-6)10-7(8)12-5/h2-3H,1H3,(H2,8,10). The van der Waals surface area contributed by atoms with Gasteiger partial charge >= 0.3 is 0 Å². The van der Waals surface area contributed by atoms with Gasteiger partial charge in [0.15, 0.2) is 5.13 Å². The molecule has 0 aliphatic heterocycles. The van der Waals surface area contributed by atoms with Gasteiger partial charge in [-0.2, -0.15) is 0 Å². The summed E-state index contributed by atoms with van der Waals surface area (Å²) in [4.78, 5) is 8.07. The summed E-state index contributed by atoms with van der Waals surface area (Å²) in [6, 6.07) is 1.82. The largest absolute Gasteiger partial charge is 0.481 e. The summed E-state index contributed by atoms with van der Waals surface area (Å²) >= 11 is 1.43. The van der Waals surface area contributed by atoms with Gasteiger partial charge in [-0.05, 0) is 0 Å². The number of pyridine rings is 1. The monoisotopic (exact) mass is 181 g/mol. The minimum absolute atomic E-state index is 0.556. The Labute approximate surface area is 73.0 Å². The molecule has 4 nitrogen and oxygen atoms in total. The Morgan fingerprint density at radius 1 is 1.58 bits per heavy atom. The highest BCUT2D eigenvalue weighted by molar-refractivity contribution is 7.22. The maximum Gasteiger partial charge on any atom is 0.214 e. The van der Waals surface area contributed by atoms with E-state index in [1.54, 1.807) is 13.3 Å². The quantitative estimate of drug-likeness (QED) is 0.720. The zero-order valence-electron chi connectivity index (χ0n) is 6.44. The van der Waals surface area contributed by atoms with Crippen LogP contribution in [-0.4, -0.2) is 17.1 Å². The molecule has 0 unspecified atom stereocenters. The molecule has 0 aliphatic rings. The van der Waals surface area contributed by atoms with Gasteiger partial charge in [0.1, 0.15) is 5.52 Å². The molecule has 0 amide bonds. The second-order valence-electron chi connectivity index (χ2n) is 2.25. The van der Waals surface area contributed by atoms with Crippen LogP contribution in [0.3, 0.4) is 0 Å². The van der Waals surface area contributed by atoms with Gasteiger partial charge in [-0.1, -0.05) is 11.3 Å². The van der Waals surface area contributed by atoms with Gasteiger partial charge in [0.2, 0.25) is 5.88 Å². The third-order valence-corrected chi connectivity index (χ3v) is 2.32. The molecule has 12 heavy (non-hydrogen) atoms. The summed E-state index contributed by atoms with van der Waals surface area (Å²) < 4.78 is 5.96. The van der Waals surface area contributed by atoms with Crippen molar-refractivity contribution >= 4 is 26.7 Å². The lowest BCUT2D eigenvalue weighted by atomic mass is 10.4. The van der Waals surface area contributed by atoms with E-state index in [9.17, 15) is 0 Å². The number of thiazole rings is 1. The smallest absolute Gasteiger partial charge is 0.214 e. The van der Waals surface area contributed by atoms with Crippen LogP contribution in [0.15, 0.2) is 12.3 Å². The highest BCUT2D eigenvalue weighted by atomic mass is 32.1. The summed E-state index contributed by atoms with van der Waals surface area (Å²) in [5.41, 5.74) is 6.34. The third kappa shape index (κ3) is 1.08. The van der Waals surface area contributed by atoms with Crippen molar-refractivity contribution in [3.8, 4) is 5.88 Å². The third-order valence-electron chi connectivity index (χ3n) is 1.48. The van der Waals surface area contributed by atoms with Gasteiger partial charge in [-0.25, -0.2) is 9.97 Å². The number of hydrogen-bond acceptors (Lipinski definition) is 5. The number of ether oxygens (including phenoxy) is 1. The summed E-state index contributed by atoms with van der Waals surface area (Å²) in [5, 5.41) is 0.556. The maximum absolute atomic E-state index is 5.52. The SMILES string of the molecule is COc1cc2sc(N)nc2cn1. The van der Waals surface area contributed by atoms with Crippen molar-refractivity contribution in [2.24, 2.45) is 0 Å². The minimum Gasteiger partial charge on any atom is -0.481 e. The molecular formula is C7H7N3OS. The molecule has 2 N–H and O–H groups in total. The lowest BCUT2D eigenvalue weighted by molar-refractivity contribution is 0.399. The first kappa shape index (κ1) is 7.30. The van der Waals surface area contributed by atoms with E-state index in [2.05, 4.69) is 9.97 Å². The molecule has 2 aromatic heterocycles. The van der Waals surface area contributed by atoms with Crippen molar-refractivity contribution in [3.05, 3.63) is 12.3 Å². The van der Waals surface area contributed by atoms with Gasteiger partial charge in [-0.15, -0.1) is 0 Å². The minimum atomic E-state index is 0.556. The molecule has 0 fully saturated rings. The van der Waals surface area contributed by atoms with E-state index in [0.29, 0.717) is 11.0 Å². The molecule has 0 spiro atoms. The van der Waals surface area contributed by atoms with Crippen LogP contribution in [0.4, 0.5) is 5.13 Å². The topological polar surface area (TPSA) is 61.0 Å². The van der Waals surface area contributed by atoms with Crippen molar-refractivity contribution < 1.29 is 4.74 Å². The number of methoxy groups -OCH3 is 1. The van der Waals surface area contributed by atoms with Gasteiger partial charge in [-0.3, -0.25) is 0 Å². The van der Waals surface area contributed by atoms with Crippen LogP contribution in [0.2, 0.25) is 0 Å². The molecule has 2 heterocycles. The van der Waals surface area contributed by atoms with E-state index in [4.69, 9.17) is 10.5 Å². The average Bonchev–Trinajstić information content (AvgIpc) is 2.43. The second-order valence-corrected chi connectivity index (χ2v) is 3.31. The Bertz CT molecular complexity index is 412. The van der Waals surface area contributed by atoms with Gasteiger partial charge in [0.25, 0.3) is 0 Å². The summed E-state index contributed by atoms with van der Waals surface area (Å²) in [7, 11) is 1.58. The molecule has 0 radical (unpaired) electrons. The number of fused-ring (bicyclic) bond motifs is 1. The highest BCUT2D eigenvalue weighted by Crippen LogP contribution is 2.25. The maximum atomic E-state index is 5.52. The van der Waals surface area contributed by atoms with E-state index in [1.165, 1.54) is 11.3 Å². The van der Waals surface area contributed by atoms with E-state index < -0.39 is 0 Å². The number of nitrogens with two attached hydrogens (primary N) is 1. The van der Waals surface area contributed by atoms with E-state index in [1.807, 2.05) is 6.07 Å². The molecule has 5 heteroatoms. The van der Waals surface area contributed by atoms with Crippen molar-refractivity contribution in [3.63, 3.8) is 0 Å². The van der Waals surface area contributed by atoms with Crippen molar-refractivity contribution in [2.45, 2.75) is 0 Å². The van der Waals surface area contributed by atoms with Gasteiger partial charge in [0.05, 0.1) is 18.0 Å². The predicted molar refractivity (Wildman–Crippen MR) is 48.4 cm³/mol. The summed E-state index contributed by atoms with van der Waals surface area (Å²) in [6.45, 7) is 0. The summed E-state index contributed by atoms with van der Waals surface area (Å²) in [5.74, 6) is 0.589. The molecule has 0 saturated heterocycles. The fourth-order valence-corrected chi connectivity index (χ4v) is 1.68. The fourth-order valence-electron chi connectivity index (χ4n) is 0.943. The lowest BCUT2D eigenvalue weighted by Crippen LogP contribution is -1.85. The molecular weight excluding hydrogens is 174 g/mol. The first-order valence-electron chi connectivity index (χ1n) is 3.35. The zero-order valence-corrected chi connectivity index (χ0v) is 7.26. The second kappa shape index (κ2) is 2.60. The van der Waals surface area contributed by atoms with Gasteiger partial charge < -0.3 is 10.5 Å². The summed E-state index contributed by atoms with van der Waals surface area (Å²) in [6.07, 6.45) is 1.65. The molecule has 0 saturated carbocycles. The van der Waals surface area contributed by atoms with E-state index >= 15 is 0 Å². The van der Waals surface area contributed by atoms with Crippen LogP contribution in [-0.2, 0) is 0 Å². The number of hydrogen-bond donors (Lipinski definition) is 1. The Morgan fingerprint density at radius 2 is 2.42 bits per heavy atom. The Morgan fingerprint density at radius 3 is 3.17 bits per heavy atom. The molecule has 2 rings (SSSR count). The molecule has 2 aromatic rings. The van der Waals surface area contributed by atoms with E-state index in [-0.39, 0.29) is 0 Å². The number of nitrogens with zero attached hydrogens (tertiary/aromatic N) is 2. The Balaban J connectivity index is 2.66. The molecule has 0 aliphatic carbocycles. The first-order valence-corrected chi connectivity index (χ1v) is 4.17. The van der Waals surface area contributed by atoms with Gasteiger partial charge in [0, 0.05) is 6.07 Å². The van der Waals surface area contributed by atoms with Crippen molar-refractivity contribution in [1.82, 2.24) is 9.97 Å². The number of nitrogen functional groups attached to an aromatic ring is 1. The van der Waals surface area contributed by atoms with Crippen molar-refractivity contribution in [1.29, 1.82) is 0 Å². The molecule has 0 bridgehead atoms. The normalized spacial score (nSPS) is 10.4. The molecule has 0 atom stereocenters. The van der Waals surface area contributed by atoms with Crippen LogP contribution < -0.4 is 10.5 Å². The van der Waals surface area contributed by atoms with Crippen LogP contribution in [0.25, 0.3) is 10.2 Å². The van der Waals surface area contributed by atoms with Crippen LogP contribution in [0, 0.1) is 0 Å².